The van der Waals surface area contributed by atoms with E-state index in [1.54, 1.807) is 19.2 Å². The molecular formula is C26H24N2O3. The highest BCUT2D eigenvalue weighted by atomic mass is 16.5. The van der Waals surface area contributed by atoms with Crippen molar-refractivity contribution in [3.8, 4) is 16.9 Å². The van der Waals surface area contributed by atoms with E-state index in [9.17, 15) is 9.59 Å². The maximum Gasteiger partial charge on any atom is 0.338 e. The third kappa shape index (κ3) is 3.87. The molecule has 31 heavy (non-hydrogen) atoms. The predicted octanol–water partition coefficient (Wildman–Crippen LogP) is 5.85. The molecule has 0 bridgehead atoms. The summed E-state index contributed by atoms with van der Waals surface area (Å²) in [4.78, 5) is 30.3. The lowest BCUT2D eigenvalue weighted by Crippen LogP contribution is -2.09. The highest BCUT2D eigenvalue weighted by molar-refractivity contribution is 6.13. The van der Waals surface area contributed by atoms with Crippen LogP contribution in [0, 0.1) is 0 Å². The van der Waals surface area contributed by atoms with E-state index in [-0.39, 0.29) is 11.8 Å². The Morgan fingerprint density at radius 3 is 2.42 bits per heavy atom. The van der Waals surface area contributed by atoms with Crippen molar-refractivity contribution in [3.05, 3.63) is 84.2 Å². The van der Waals surface area contributed by atoms with Crippen LogP contribution in [-0.2, 0) is 4.74 Å². The number of carbonyl (C=O) groups excluding carboxylic acids is 2. The van der Waals surface area contributed by atoms with Gasteiger partial charge in [-0.05, 0) is 49.2 Å². The van der Waals surface area contributed by atoms with Crippen LogP contribution in [0.3, 0.4) is 0 Å². The molecule has 0 aliphatic rings. The average Bonchev–Trinajstić information content (AvgIpc) is 3.15. The number of rotatable bonds is 7. The summed E-state index contributed by atoms with van der Waals surface area (Å²) in [7, 11) is 0. The number of fused-ring (bicyclic) bond motifs is 1. The van der Waals surface area contributed by atoms with Crippen LogP contribution in [0.25, 0.3) is 27.8 Å². The molecule has 0 saturated heterocycles. The zero-order chi connectivity index (χ0) is 21.8. The molecule has 2 aromatic heterocycles. The second-order valence-electron chi connectivity index (χ2n) is 7.24. The van der Waals surface area contributed by atoms with Gasteiger partial charge in [0.05, 0.1) is 23.4 Å². The monoisotopic (exact) mass is 412 g/mol. The first-order chi connectivity index (χ1) is 15.2. The molecule has 0 N–H and O–H groups in total. The van der Waals surface area contributed by atoms with Crippen molar-refractivity contribution in [2.75, 3.05) is 6.61 Å². The van der Waals surface area contributed by atoms with Crippen LogP contribution in [-0.4, -0.2) is 27.9 Å². The van der Waals surface area contributed by atoms with Gasteiger partial charge in [0, 0.05) is 23.6 Å². The Kier molecular flexibility index (Phi) is 5.94. The summed E-state index contributed by atoms with van der Waals surface area (Å²) < 4.78 is 7.11. The second kappa shape index (κ2) is 8.96. The van der Waals surface area contributed by atoms with E-state index in [2.05, 4.69) is 4.98 Å². The van der Waals surface area contributed by atoms with Gasteiger partial charge in [-0.3, -0.25) is 9.36 Å². The Hall–Kier alpha value is -3.73. The Labute approximate surface area is 181 Å². The van der Waals surface area contributed by atoms with E-state index in [0.717, 1.165) is 28.5 Å². The van der Waals surface area contributed by atoms with E-state index >= 15 is 0 Å². The number of pyridine rings is 1. The van der Waals surface area contributed by atoms with Crippen LogP contribution in [0.4, 0.5) is 0 Å². The third-order valence-corrected chi connectivity index (χ3v) is 5.16. The van der Waals surface area contributed by atoms with Crippen molar-refractivity contribution in [2.24, 2.45) is 0 Å². The first-order valence-corrected chi connectivity index (χ1v) is 10.5. The Morgan fingerprint density at radius 2 is 1.74 bits per heavy atom. The average molecular weight is 412 g/mol. The maximum atomic E-state index is 13.4. The first kappa shape index (κ1) is 20.5. The summed E-state index contributed by atoms with van der Waals surface area (Å²) in [6, 6.07) is 20.9. The van der Waals surface area contributed by atoms with Gasteiger partial charge in [-0.15, -0.1) is 0 Å². The summed E-state index contributed by atoms with van der Waals surface area (Å²) in [5.41, 5.74) is 3.60. The zero-order valence-electron chi connectivity index (χ0n) is 17.7. The van der Waals surface area contributed by atoms with Crippen molar-refractivity contribution in [1.29, 1.82) is 0 Å². The number of ether oxygens (including phenoxy) is 1. The molecule has 4 rings (SSSR count). The van der Waals surface area contributed by atoms with Crippen molar-refractivity contribution in [2.45, 2.75) is 26.7 Å². The van der Waals surface area contributed by atoms with Gasteiger partial charge >= 0.3 is 5.97 Å². The molecule has 2 aromatic carbocycles. The summed E-state index contributed by atoms with van der Waals surface area (Å²) in [5.74, 6) is 0.328. The lowest BCUT2D eigenvalue weighted by atomic mass is 9.98. The van der Waals surface area contributed by atoms with Crippen LogP contribution in [0.15, 0.2) is 72.9 Å². The number of ketones is 1. The quantitative estimate of drug-likeness (QED) is 0.282. The minimum Gasteiger partial charge on any atom is -0.462 e. The molecule has 5 nitrogen and oxygen atoms in total. The van der Waals surface area contributed by atoms with Gasteiger partial charge in [0.2, 0.25) is 0 Å². The second-order valence-corrected chi connectivity index (χ2v) is 7.24. The Bertz CT molecular complexity index is 1230. The lowest BCUT2D eigenvalue weighted by molar-refractivity contribution is 0.0526. The maximum absolute atomic E-state index is 13.4. The molecule has 4 aromatic rings. The van der Waals surface area contributed by atoms with E-state index in [4.69, 9.17) is 4.74 Å². The number of hydrogen-bond acceptors (Lipinski definition) is 4. The van der Waals surface area contributed by atoms with Crippen LogP contribution < -0.4 is 0 Å². The molecule has 0 atom stereocenters. The van der Waals surface area contributed by atoms with E-state index in [0.29, 0.717) is 30.1 Å². The Balaban J connectivity index is 2.10. The number of hydrogen-bond donors (Lipinski definition) is 0. The van der Waals surface area contributed by atoms with Crippen molar-refractivity contribution in [1.82, 2.24) is 9.55 Å². The molecule has 5 heteroatoms. The number of esters is 1. The highest BCUT2D eigenvalue weighted by Crippen LogP contribution is 2.38. The summed E-state index contributed by atoms with van der Waals surface area (Å²) >= 11 is 0. The number of Topliss-reactive ketones (excluding diaryl/α,β-unsaturated/α-hetero) is 1. The molecule has 0 unspecified atom stereocenters. The third-order valence-electron chi connectivity index (χ3n) is 5.16. The number of carbonyl (C=O) groups is 2. The molecule has 0 amide bonds. The molecule has 0 spiro atoms. The van der Waals surface area contributed by atoms with Crippen LogP contribution >= 0.6 is 0 Å². The van der Waals surface area contributed by atoms with Gasteiger partial charge in [0.25, 0.3) is 0 Å². The molecular weight excluding hydrogens is 388 g/mol. The standard InChI is InChI=1S/C26H24N2O3/c1-3-10-22(29)25-24(18-11-6-5-7-12-18)20-17-19(26(30)31-4-2)14-15-21(20)28(25)23-13-8-9-16-27-23/h5-9,11-17H,3-4,10H2,1-2H3. The molecule has 0 aliphatic heterocycles. The summed E-state index contributed by atoms with van der Waals surface area (Å²) in [6.45, 7) is 4.08. The van der Waals surface area contributed by atoms with E-state index < -0.39 is 0 Å². The fraction of sp³-hybridized carbons (Fsp3) is 0.192. The van der Waals surface area contributed by atoms with Gasteiger partial charge in [-0.25, -0.2) is 9.78 Å². The fourth-order valence-electron chi connectivity index (χ4n) is 3.86. The summed E-state index contributed by atoms with van der Waals surface area (Å²) in [6.07, 6.45) is 2.88. The van der Waals surface area contributed by atoms with E-state index in [1.807, 2.05) is 72.2 Å². The molecule has 0 radical (unpaired) electrons. The topological polar surface area (TPSA) is 61.2 Å². The van der Waals surface area contributed by atoms with Gasteiger partial charge in [-0.1, -0.05) is 43.3 Å². The molecule has 0 fully saturated rings. The lowest BCUT2D eigenvalue weighted by Gasteiger charge is -2.11. The molecule has 156 valence electrons. The van der Waals surface area contributed by atoms with Crippen molar-refractivity contribution >= 4 is 22.7 Å². The van der Waals surface area contributed by atoms with Gasteiger partial charge in [-0.2, -0.15) is 0 Å². The van der Waals surface area contributed by atoms with Crippen LogP contribution in [0.1, 0.15) is 47.5 Å². The number of nitrogens with zero attached hydrogens (tertiary/aromatic N) is 2. The van der Waals surface area contributed by atoms with E-state index in [1.165, 1.54) is 0 Å². The fourth-order valence-corrected chi connectivity index (χ4v) is 3.86. The minimum absolute atomic E-state index is 0.0425. The molecule has 0 aliphatic carbocycles. The van der Waals surface area contributed by atoms with Gasteiger partial charge < -0.3 is 4.74 Å². The Morgan fingerprint density at radius 1 is 0.968 bits per heavy atom. The largest absolute Gasteiger partial charge is 0.462 e. The van der Waals surface area contributed by atoms with Gasteiger partial charge in [0.1, 0.15) is 5.82 Å². The summed E-state index contributed by atoms with van der Waals surface area (Å²) in [5, 5.41) is 0.821. The van der Waals surface area contributed by atoms with Crippen molar-refractivity contribution < 1.29 is 14.3 Å². The number of benzene rings is 2. The van der Waals surface area contributed by atoms with Crippen LogP contribution in [0.5, 0.6) is 0 Å². The van der Waals surface area contributed by atoms with Crippen LogP contribution in [0.2, 0.25) is 0 Å². The van der Waals surface area contributed by atoms with Gasteiger partial charge in [0.15, 0.2) is 5.78 Å². The minimum atomic E-state index is -0.379. The zero-order valence-corrected chi connectivity index (χ0v) is 17.7. The predicted molar refractivity (Wildman–Crippen MR) is 122 cm³/mol. The highest BCUT2D eigenvalue weighted by Gasteiger charge is 2.25. The molecule has 0 saturated carbocycles. The van der Waals surface area contributed by atoms with Crippen molar-refractivity contribution in [3.63, 3.8) is 0 Å². The number of aromatic nitrogens is 2. The first-order valence-electron chi connectivity index (χ1n) is 10.5. The molecule has 2 heterocycles. The normalized spacial score (nSPS) is 10.9. The smallest absolute Gasteiger partial charge is 0.338 e. The SMILES string of the molecule is CCCC(=O)c1c(-c2ccccc2)c2cc(C(=O)OCC)ccc2n1-c1ccccn1.